The van der Waals surface area contributed by atoms with Crippen molar-refractivity contribution in [2.24, 2.45) is 0 Å². The van der Waals surface area contributed by atoms with Crippen molar-refractivity contribution in [3.05, 3.63) is 34.0 Å². The van der Waals surface area contributed by atoms with E-state index >= 15 is 0 Å². The van der Waals surface area contributed by atoms with Crippen molar-refractivity contribution in [3.63, 3.8) is 0 Å². The van der Waals surface area contributed by atoms with Crippen molar-refractivity contribution >= 4 is 5.97 Å². The number of aliphatic hydroxyl groups excluding tert-OH is 1. The molecule has 0 heterocycles. The van der Waals surface area contributed by atoms with Crippen LogP contribution in [-0.4, -0.2) is 17.7 Å². The van der Waals surface area contributed by atoms with E-state index < -0.39 is 5.97 Å². The van der Waals surface area contributed by atoms with Gasteiger partial charge in [0.25, 0.3) is 5.70 Å². The van der Waals surface area contributed by atoms with Crippen molar-refractivity contribution in [1.29, 1.82) is 5.26 Å². The molecule has 0 fully saturated rings. The number of rotatable bonds is 3. The van der Waals surface area contributed by atoms with Gasteiger partial charge in [-0.3, -0.25) is 0 Å². The molecular weight excluding hydrogens is 208 g/mol. The number of carbonyl (C=O) groups is 1. The average molecular weight is 220 g/mol. The number of hydrogen-bond acceptors (Lipinski definition) is 4. The van der Waals surface area contributed by atoms with Crippen LogP contribution < -0.4 is 0 Å². The van der Waals surface area contributed by atoms with Gasteiger partial charge in [-0.2, -0.15) is 0 Å². The van der Waals surface area contributed by atoms with Crippen molar-refractivity contribution in [2.45, 2.75) is 20.8 Å². The number of aliphatic hydroxyl groups is 1. The Bertz CT molecular complexity index is 413. The Kier molecular flexibility index (Phi) is 5.37. The summed E-state index contributed by atoms with van der Waals surface area (Å²) in [6.45, 7) is 11.3. The molecule has 84 valence electrons. The second-order valence-electron chi connectivity index (χ2n) is 2.88. The normalized spacial score (nSPS) is 12.8. The van der Waals surface area contributed by atoms with E-state index in [1.807, 2.05) is 0 Å². The number of nitriles is 1. The number of nitrogens with zero attached hydrogens (tertiary/aromatic N) is 2. The fourth-order valence-electron chi connectivity index (χ4n) is 1.09. The van der Waals surface area contributed by atoms with Crippen LogP contribution in [0.1, 0.15) is 20.8 Å². The van der Waals surface area contributed by atoms with Gasteiger partial charge in [0.1, 0.15) is 5.76 Å². The van der Waals surface area contributed by atoms with E-state index in [0.29, 0.717) is 0 Å². The summed E-state index contributed by atoms with van der Waals surface area (Å²) in [5.74, 6) is -1.01. The molecule has 0 atom stereocenters. The number of hydrogen-bond donors (Lipinski definition) is 1. The second-order valence-corrected chi connectivity index (χ2v) is 2.88. The fourth-order valence-corrected chi connectivity index (χ4v) is 1.09. The lowest BCUT2D eigenvalue weighted by molar-refractivity contribution is -0.138. The number of esters is 1. The lowest BCUT2D eigenvalue weighted by atomic mass is 10.1. The van der Waals surface area contributed by atoms with Gasteiger partial charge in [-0.25, -0.2) is 14.9 Å². The molecule has 5 heteroatoms. The first-order chi connectivity index (χ1) is 7.49. The molecule has 0 spiro atoms. The Labute approximate surface area is 94.1 Å². The van der Waals surface area contributed by atoms with Gasteiger partial charge in [-0.1, -0.05) is 0 Å². The van der Waals surface area contributed by atoms with Crippen LogP contribution in [0.15, 0.2) is 22.6 Å². The minimum atomic E-state index is -0.739. The monoisotopic (exact) mass is 220 g/mol. The van der Waals surface area contributed by atoms with Crippen LogP contribution in [0.5, 0.6) is 0 Å². The van der Waals surface area contributed by atoms with E-state index in [-0.39, 0.29) is 29.2 Å². The summed E-state index contributed by atoms with van der Waals surface area (Å²) in [5, 5.41) is 18.0. The number of ether oxygens (including phenoxy) is 1. The van der Waals surface area contributed by atoms with Crippen LogP contribution in [0.25, 0.3) is 4.85 Å². The predicted molar refractivity (Wildman–Crippen MR) is 56.9 cm³/mol. The third kappa shape index (κ3) is 3.14. The van der Waals surface area contributed by atoms with Crippen molar-refractivity contribution in [1.82, 2.24) is 0 Å². The third-order valence-corrected chi connectivity index (χ3v) is 1.79. The molecule has 0 aliphatic rings. The number of carbonyl (C=O) groups excluding carboxylic acids is 1. The smallest absolute Gasteiger partial charge is 0.340 e. The highest BCUT2D eigenvalue weighted by molar-refractivity contribution is 5.94. The highest BCUT2D eigenvalue weighted by atomic mass is 16.5. The zero-order valence-electron chi connectivity index (χ0n) is 9.37. The molecule has 0 aromatic heterocycles. The SMILES string of the molecule is [C-]#[N+]/C(C#N)=C(C)\C(C(=O)OCC)=C(/C)O. The molecule has 16 heavy (non-hydrogen) atoms. The Hall–Kier alpha value is -2.27. The summed E-state index contributed by atoms with van der Waals surface area (Å²) in [4.78, 5) is 14.4. The zero-order chi connectivity index (χ0) is 12.7. The van der Waals surface area contributed by atoms with Gasteiger partial charge in [-0.15, -0.1) is 0 Å². The van der Waals surface area contributed by atoms with Gasteiger partial charge in [-0.05, 0) is 26.3 Å². The van der Waals surface area contributed by atoms with Crippen LogP contribution in [0.2, 0.25) is 0 Å². The maximum atomic E-state index is 11.5. The number of allylic oxidation sites excluding steroid dienone is 2. The minimum absolute atomic E-state index is 0.121. The summed E-state index contributed by atoms with van der Waals surface area (Å²) in [6, 6.07) is 1.66. The highest BCUT2D eigenvalue weighted by Crippen LogP contribution is 2.19. The van der Waals surface area contributed by atoms with E-state index in [1.165, 1.54) is 13.8 Å². The first-order valence-electron chi connectivity index (χ1n) is 4.55. The largest absolute Gasteiger partial charge is 0.512 e. The lowest BCUT2D eigenvalue weighted by Gasteiger charge is -2.08. The molecule has 0 rings (SSSR count). The van der Waals surface area contributed by atoms with Gasteiger partial charge in [0, 0.05) is 0 Å². The molecule has 0 bridgehead atoms. The molecule has 0 saturated carbocycles. The molecule has 0 radical (unpaired) electrons. The maximum Gasteiger partial charge on any atom is 0.340 e. The molecular formula is C11H12N2O3. The van der Waals surface area contributed by atoms with Crippen molar-refractivity contribution in [2.75, 3.05) is 6.61 Å². The summed E-state index contributed by atoms with van der Waals surface area (Å²) in [7, 11) is 0. The quantitative estimate of drug-likeness (QED) is 0.197. The van der Waals surface area contributed by atoms with Gasteiger partial charge in [0.2, 0.25) is 0 Å². The molecule has 5 nitrogen and oxygen atoms in total. The third-order valence-electron chi connectivity index (χ3n) is 1.79. The Morgan fingerprint density at radius 2 is 2.12 bits per heavy atom. The molecule has 0 saturated heterocycles. The Morgan fingerprint density at radius 3 is 2.44 bits per heavy atom. The molecule has 0 aromatic rings. The summed E-state index contributed by atoms with van der Waals surface area (Å²) in [5.41, 5.74) is -0.248. The predicted octanol–water partition coefficient (Wildman–Crippen LogP) is 2.10. The fraction of sp³-hybridized carbons (Fsp3) is 0.364. The van der Waals surface area contributed by atoms with E-state index in [9.17, 15) is 9.90 Å². The molecule has 0 aliphatic heterocycles. The topological polar surface area (TPSA) is 74.7 Å². The molecule has 0 aromatic carbocycles. The first kappa shape index (κ1) is 13.7. The molecule has 0 unspecified atom stereocenters. The maximum absolute atomic E-state index is 11.5. The van der Waals surface area contributed by atoms with Crippen molar-refractivity contribution < 1.29 is 14.6 Å². The van der Waals surface area contributed by atoms with E-state index in [2.05, 4.69) is 4.85 Å². The van der Waals surface area contributed by atoms with Gasteiger partial charge in [0.15, 0.2) is 0 Å². The van der Waals surface area contributed by atoms with Crippen LogP contribution in [0, 0.1) is 17.9 Å². The van der Waals surface area contributed by atoms with E-state index in [1.54, 1.807) is 13.0 Å². The summed E-state index contributed by atoms with van der Waals surface area (Å²) in [6.07, 6.45) is 0. The van der Waals surface area contributed by atoms with Gasteiger partial charge in [0.05, 0.1) is 24.8 Å². The van der Waals surface area contributed by atoms with Gasteiger partial charge < -0.3 is 9.84 Å². The highest BCUT2D eigenvalue weighted by Gasteiger charge is 2.19. The lowest BCUT2D eigenvalue weighted by Crippen LogP contribution is -2.11. The zero-order valence-corrected chi connectivity index (χ0v) is 9.37. The molecule has 0 aliphatic carbocycles. The molecule has 0 amide bonds. The second kappa shape index (κ2) is 6.26. The Morgan fingerprint density at radius 1 is 1.56 bits per heavy atom. The first-order valence-corrected chi connectivity index (χ1v) is 4.55. The van der Waals surface area contributed by atoms with Crippen LogP contribution in [0.4, 0.5) is 0 Å². The summed E-state index contributed by atoms with van der Waals surface area (Å²) >= 11 is 0. The van der Waals surface area contributed by atoms with Crippen molar-refractivity contribution in [3.8, 4) is 6.07 Å². The van der Waals surface area contributed by atoms with Gasteiger partial charge >= 0.3 is 5.97 Å². The van der Waals surface area contributed by atoms with E-state index in [4.69, 9.17) is 16.6 Å². The van der Waals surface area contributed by atoms with Crippen LogP contribution in [0.3, 0.4) is 0 Å². The van der Waals surface area contributed by atoms with E-state index in [0.717, 1.165) is 0 Å². The molecule has 1 N–H and O–H groups in total. The van der Waals surface area contributed by atoms with Crippen LogP contribution in [-0.2, 0) is 9.53 Å². The van der Waals surface area contributed by atoms with Crippen LogP contribution >= 0.6 is 0 Å². The Balaban J connectivity index is 5.56. The standard InChI is InChI=1S/C11H12N2O3/c1-5-16-11(15)10(8(3)14)7(2)9(6-12)13-4/h14H,5H2,1-3H3/b9-7-,10-8-. The summed E-state index contributed by atoms with van der Waals surface area (Å²) < 4.78 is 4.72. The minimum Gasteiger partial charge on any atom is -0.512 e. The average Bonchev–Trinajstić information content (AvgIpc) is 2.19.